The normalized spacial score (nSPS) is 22.1. The van der Waals surface area contributed by atoms with Crippen LogP contribution in [0.5, 0.6) is 0 Å². The first-order chi connectivity index (χ1) is 15.9. The summed E-state index contributed by atoms with van der Waals surface area (Å²) in [4.78, 5) is 32.6. The van der Waals surface area contributed by atoms with Crippen molar-refractivity contribution >= 4 is 28.3 Å². The van der Waals surface area contributed by atoms with Gasteiger partial charge in [-0.1, -0.05) is 32.3 Å². The van der Waals surface area contributed by atoms with Gasteiger partial charge in [0, 0.05) is 26.6 Å². The predicted molar refractivity (Wildman–Crippen MR) is 133 cm³/mol. The van der Waals surface area contributed by atoms with Gasteiger partial charge in [-0.3, -0.25) is 18.7 Å². The summed E-state index contributed by atoms with van der Waals surface area (Å²) in [6.45, 7) is 5.77. The van der Waals surface area contributed by atoms with E-state index in [-0.39, 0.29) is 17.2 Å². The van der Waals surface area contributed by atoms with Gasteiger partial charge in [0.1, 0.15) is 0 Å². The number of benzene rings is 1. The highest BCUT2D eigenvalue weighted by atomic mass is 32.2. The van der Waals surface area contributed by atoms with E-state index in [2.05, 4.69) is 34.9 Å². The van der Waals surface area contributed by atoms with Gasteiger partial charge in [-0.2, -0.15) is 0 Å². The molecule has 2 aliphatic heterocycles. The fourth-order valence-electron chi connectivity index (χ4n) is 5.78. The number of nitrogens with zero attached hydrogens (tertiary/aromatic N) is 3. The number of carbonyl (C=O) groups is 2. The molecule has 1 atom stereocenters. The molecule has 6 nitrogen and oxygen atoms in total. The number of amides is 2. The number of anilines is 1. The van der Waals surface area contributed by atoms with Gasteiger partial charge in [0.25, 0.3) is 0 Å². The van der Waals surface area contributed by atoms with Crippen molar-refractivity contribution < 1.29 is 13.8 Å². The SMILES string of the molecule is CCCN(CCCCN1C(=O)CC2(CCCCC2)C1=O)CCc1ccc2c(c1)S(=O)CN2C. The fourth-order valence-corrected chi connectivity index (χ4v) is 7.15. The van der Waals surface area contributed by atoms with Gasteiger partial charge >= 0.3 is 0 Å². The molecule has 3 aliphatic rings. The molecule has 1 aromatic rings. The van der Waals surface area contributed by atoms with E-state index < -0.39 is 10.8 Å². The van der Waals surface area contributed by atoms with E-state index in [0.717, 1.165) is 81.6 Å². The lowest BCUT2D eigenvalue weighted by atomic mass is 9.73. The van der Waals surface area contributed by atoms with Gasteiger partial charge in [0.15, 0.2) is 0 Å². The highest BCUT2D eigenvalue weighted by Gasteiger charge is 2.51. The third-order valence-corrected chi connectivity index (χ3v) is 9.09. The van der Waals surface area contributed by atoms with Crippen LogP contribution in [0.2, 0.25) is 0 Å². The van der Waals surface area contributed by atoms with Crippen LogP contribution in [0.25, 0.3) is 0 Å². The minimum absolute atomic E-state index is 0.0481. The molecule has 1 aromatic carbocycles. The first-order valence-electron chi connectivity index (χ1n) is 12.7. The van der Waals surface area contributed by atoms with Crippen molar-refractivity contribution in [3.63, 3.8) is 0 Å². The Morgan fingerprint density at radius 3 is 2.61 bits per heavy atom. The van der Waals surface area contributed by atoms with Crippen LogP contribution < -0.4 is 4.90 Å². The summed E-state index contributed by atoms with van der Waals surface area (Å²) in [7, 11) is 1.07. The van der Waals surface area contributed by atoms with E-state index in [1.54, 1.807) is 4.90 Å². The Hall–Kier alpha value is -1.73. The fraction of sp³-hybridized carbons (Fsp3) is 0.692. The number of likely N-dealkylation sites (tertiary alicyclic amines) is 1. The van der Waals surface area contributed by atoms with Crippen molar-refractivity contribution in [3.8, 4) is 0 Å². The molecule has 2 amide bonds. The van der Waals surface area contributed by atoms with E-state index in [1.165, 1.54) is 12.0 Å². The van der Waals surface area contributed by atoms with E-state index in [1.807, 2.05) is 7.05 Å². The van der Waals surface area contributed by atoms with Crippen LogP contribution in [0.1, 0.15) is 70.3 Å². The molecule has 2 fully saturated rings. The van der Waals surface area contributed by atoms with Gasteiger partial charge in [-0.15, -0.1) is 0 Å². The number of unbranched alkanes of at least 4 members (excludes halogenated alkanes) is 1. The van der Waals surface area contributed by atoms with Gasteiger partial charge < -0.3 is 9.80 Å². The van der Waals surface area contributed by atoms with E-state index in [9.17, 15) is 13.8 Å². The molecule has 2 heterocycles. The van der Waals surface area contributed by atoms with Crippen LogP contribution in [0, 0.1) is 5.41 Å². The average molecular weight is 474 g/mol. The Labute approximate surface area is 201 Å². The van der Waals surface area contributed by atoms with Crippen LogP contribution in [0.4, 0.5) is 5.69 Å². The van der Waals surface area contributed by atoms with Gasteiger partial charge in [0.05, 0.1) is 32.7 Å². The van der Waals surface area contributed by atoms with E-state index in [4.69, 9.17) is 0 Å². The number of hydrogen-bond donors (Lipinski definition) is 0. The number of carbonyl (C=O) groups excluding carboxylic acids is 2. The molecule has 1 unspecified atom stereocenters. The van der Waals surface area contributed by atoms with Crippen molar-refractivity contribution in [1.82, 2.24) is 9.80 Å². The zero-order chi connectivity index (χ0) is 23.4. The quantitative estimate of drug-likeness (QED) is 0.380. The Morgan fingerprint density at radius 1 is 1.06 bits per heavy atom. The molecule has 1 spiro atoms. The lowest BCUT2D eigenvalue weighted by Gasteiger charge is -2.30. The Morgan fingerprint density at radius 2 is 1.85 bits per heavy atom. The Bertz CT molecular complexity index is 897. The first kappa shape index (κ1) is 24.4. The maximum Gasteiger partial charge on any atom is 0.235 e. The smallest absolute Gasteiger partial charge is 0.235 e. The summed E-state index contributed by atoms with van der Waals surface area (Å²) in [6, 6.07) is 6.38. The zero-order valence-corrected chi connectivity index (χ0v) is 21.1. The van der Waals surface area contributed by atoms with Crippen molar-refractivity contribution in [2.24, 2.45) is 5.41 Å². The second kappa shape index (κ2) is 10.7. The van der Waals surface area contributed by atoms with Crippen LogP contribution in [0.3, 0.4) is 0 Å². The van der Waals surface area contributed by atoms with Gasteiger partial charge in [-0.25, -0.2) is 0 Å². The summed E-state index contributed by atoms with van der Waals surface area (Å²) in [5.74, 6) is 0.744. The zero-order valence-electron chi connectivity index (χ0n) is 20.3. The first-order valence-corrected chi connectivity index (χ1v) is 14.0. The third-order valence-electron chi connectivity index (χ3n) is 7.65. The highest BCUT2D eigenvalue weighted by molar-refractivity contribution is 7.85. The van der Waals surface area contributed by atoms with Crippen LogP contribution in [-0.2, 0) is 26.8 Å². The minimum atomic E-state index is -0.921. The standard InChI is InChI=1S/C26H39N3O3S/c1-3-14-28(17-11-21-9-10-22-23(18-21)33(32)20-27(22)2)15-7-8-16-29-24(30)19-26(25(29)31)12-5-4-6-13-26/h9-10,18H,3-8,11-17,19-20H2,1-2H3. The molecule has 0 N–H and O–H groups in total. The van der Waals surface area contributed by atoms with E-state index in [0.29, 0.717) is 18.8 Å². The summed E-state index contributed by atoms with van der Waals surface area (Å²) in [5.41, 5.74) is 1.96. The highest BCUT2D eigenvalue weighted by Crippen LogP contribution is 2.45. The third kappa shape index (κ3) is 5.35. The molecule has 182 valence electrons. The molecule has 4 rings (SSSR count). The monoisotopic (exact) mass is 473 g/mol. The second-order valence-corrected chi connectivity index (χ2v) is 11.5. The molecule has 7 heteroatoms. The molecule has 0 aromatic heterocycles. The van der Waals surface area contributed by atoms with Crippen molar-refractivity contribution in [1.29, 1.82) is 0 Å². The lowest BCUT2D eigenvalue weighted by Crippen LogP contribution is -2.37. The van der Waals surface area contributed by atoms with E-state index >= 15 is 0 Å². The average Bonchev–Trinajstić information content (AvgIpc) is 3.21. The van der Waals surface area contributed by atoms with Crippen LogP contribution in [0.15, 0.2) is 23.1 Å². The maximum atomic E-state index is 13.0. The molecule has 1 saturated carbocycles. The van der Waals surface area contributed by atoms with Crippen LogP contribution in [-0.4, -0.2) is 64.9 Å². The van der Waals surface area contributed by atoms with Crippen LogP contribution >= 0.6 is 0 Å². The Kier molecular flexibility index (Phi) is 7.90. The van der Waals surface area contributed by atoms with Gasteiger partial charge in [0.2, 0.25) is 11.8 Å². The van der Waals surface area contributed by atoms with Crippen molar-refractivity contribution in [3.05, 3.63) is 23.8 Å². The molecular weight excluding hydrogens is 434 g/mol. The summed E-state index contributed by atoms with van der Waals surface area (Å²) < 4.78 is 12.3. The molecule has 1 aliphatic carbocycles. The summed E-state index contributed by atoms with van der Waals surface area (Å²) in [5, 5.41) is 0. The van der Waals surface area contributed by atoms with Crippen molar-refractivity contribution in [2.75, 3.05) is 44.0 Å². The Balaban J connectivity index is 1.24. The molecule has 0 bridgehead atoms. The molecular formula is C26H39N3O3S. The largest absolute Gasteiger partial charge is 0.361 e. The number of imide groups is 1. The molecule has 0 radical (unpaired) electrons. The summed E-state index contributed by atoms with van der Waals surface area (Å²) in [6.07, 6.45) is 9.48. The maximum absolute atomic E-state index is 13.0. The summed E-state index contributed by atoms with van der Waals surface area (Å²) >= 11 is 0. The lowest BCUT2D eigenvalue weighted by molar-refractivity contribution is -0.142. The topological polar surface area (TPSA) is 60.9 Å². The predicted octanol–water partition coefficient (Wildman–Crippen LogP) is 3.95. The van der Waals surface area contributed by atoms with Gasteiger partial charge in [-0.05, 0) is 69.3 Å². The molecule has 1 saturated heterocycles. The number of fused-ring (bicyclic) bond motifs is 1. The number of rotatable bonds is 10. The number of hydrogen-bond acceptors (Lipinski definition) is 5. The second-order valence-electron chi connectivity index (χ2n) is 10.1. The molecule has 33 heavy (non-hydrogen) atoms. The van der Waals surface area contributed by atoms with Crippen molar-refractivity contribution in [2.45, 2.75) is 76.0 Å². The minimum Gasteiger partial charge on any atom is -0.361 e.